The second-order valence-electron chi connectivity index (χ2n) is 10.4. The highest BCUT2D eigenvalue weighted by Crippen LogP contribution is 2.33. The average Bonchev–Trinajstić information content (AvgIpc) is 3.38. The van der Waals surface area contributed by atoms with E-state index in [-0.39, 0.29) is 11.6 Å². The van der Waals surface area contributed by atoms with E-state index in [0.29, 0.717) is 35.2 Å². The van der Waals surface area contributed by atoms with Gasteiger partial charge >= 0.3 is 17.9 Å². The second-order valence-corrected chi connectivity index (χ2v) is 10.4. The number of hydrogen-bond acceptors (Lipinski definition) is 10. The maximum absolute atomic E-state index is 13.4. The van der Waals surface area contributed by atoms with Gasteiger partial charge in [0.25, 0.3) is 0 Å². The summed E-state index contributed by atoms with van der Waals surface area (Å²) in [4.78, 5) is 44.4. The van der Waals surface area contributed by atoms with E-state index >= 15 is 0 Å². The first kappa shape index (κ1) is 33.9. The van der Waals surface area contributed by atoms with Gasteiger partial charge in [0.15, 0.2) is 28.5 Å². The van der Waals surface area contributed by atoms with E-state index in [9.17, 15) is 23.6 Å². The molecule has 0 unspecified atom stereocenters. The number of carboxylic acid groups (broad SMARTS) is 3. The Kier molecular flexibility index (Phi) is 11.8. The number of carbonyl (C=O) groups is 4. The van der Waals surface area contributed by atoms with Crippen molar-refractivity contribution in [2.45, 2.75) is 50.5 Å². The number of hydrogen-bond donors (Lipinski definition) is 4. The molecular formula is C30H35FN2O11. The molecule has 2 heterocycles. The number of benzene rings is 2. The van der Waals surface area contributed by atoms with E-state index in [1.165, 1.54) is 19.1 Å². The number of ether oxygens (including phenoxy) is 2. The third-order valence-electron chi connectivity index (χ3n) is 7.17. The summed E-state index contributed by atoms with van der Waals surface area (Å²) < 4.78 is 29.9. The Balaban J connectivity index is 0.000000345. The van der Waals surface area contributed by atoms with Crippen molar-refractivity contribution in [3.8, 4) is 11.5 Å². The molecule has 2 aromatic carbocycles. The molecule has 0 radical (unpaired) electrons. The zero-order valence-electron chi connectivity index (χ0n) is 24.3. The highest BCUT2D eigenvalue weighted by Gasteiger charge is 2.40. The molecule has 44 heavy (non-hydrogen) atoms. The summed E-state index contributed by atoms with van der Waals surface area (Å²) >= 11 is 0. The van der Waals surface area contributed by atoms with Crippen LogP contribution >= 0.6 is 0 Å². The number of carbonyl (C=O) groups excluding carboxylic acids is 1. The number of fused-ring (bicyclic) bond motifs is 1. The minimum Gasteiger partial charge on any atom is -0.493 e. The molecule has 1 aliphatic heterocycles. The van der Waals surface area contributed by atoms with Gasteiger partial charge in [-0.25, -0.2) is 9.18 Å². The summed E-state index contributed by atoms with van der Waals surface area (Å²) in [6, 6.07) is 9.87. The lowest BCUT2D eigenvalue weighted by atomic mass is 9.91. The van der Waals surface area contributed by atoms with Gasteiger partial charge in [-0.05, 0) is 69.6 Å². The fraction of sp³-hybridized carbons (Fsp3) is 0.433. The van der Waals surface area contributed by atoms with Crippen LogP contribution in [0.25, 0.3) is 11.0 Å². The van der Waals surface area contributed by atoms with Gasteiger partial charge < -0.3 is 39.3 Å². The van der Waals surface area contributed by atoms with E-state index in [1.807, 2.05) is 0 Å². The highest BCUT2D eigenvalue weighted by molar-refractivity contribution is 5.94. The molecule has 1 aliphatic rings. The van der Waals surface area contributed by atoms with E-state index in [4.69, 9.17) is 34.4 Å². The maximum atomic E-state index is 13.4. The van der Waals surface area contributed by atoms with E-state index in [0.717, 1.165) is 50.0 Å². The molecule has 0 bridgehead atoms. The van der Waals surface area contributed by atoms with Crippen LogP contribution in [0.1, 0.15) is 61.0 Å². The van der Waals surface area contributed by atoms with Crippen molar-refractivity contribution in [1.29, 1.82) is 0 Å². The van der Waals surface area contributed by atoms with Gasteiger partial charge in [-0.3, -0.25) is 14.4 Å². The SMILES string of the molecule is COc1cc(C(C)=O)ccc1OCCCN1CCC(c2noc3cc(F)ccc23)CC1.O=C(O)CC(O)(CC(=O)O)C(=O)O. The van der Waals surface area contributed by atoms with Crippen molar-refractivity contribution >= 4 is 34.7 Å². The van der Waals surface area contributed by atoms with Crippen LogP contribution in [0, 0.1) is 5.82 Å². The zero-order chi connectivity index (χ0) is 32.4. The van der Waals surface area contributed by atoms with Crippen LogP contribution in [-0.4, -0.2) is 93.1 Å². The molecule has 1 fully saturated rings. The number of methoxy groups -OCH3 is 1. The van der Waals surface area contributed by atoms with Crippen LogP contribution < -0.4 is 9.47 Å². The molecule has 0 atom stereocenters. The fourth-order valence-electron chi connectivity index (χ4n) is 4.85. The second kappa shape index (κ2) is 15.3. The number of aliphatic hydroxyl groups is 1. The van der Waals surface area contributed by atoms with Gasteiger partial charge in [-0.1, -0.05) is 5.16 Å². The Hall–Kier alpha value is -4.56. The largest absolute Gasteiger partial charge is 0.493 e. The van der Waals surface area contributed by atoms with Crippen molar-refractivity contribution in [2.75, 3.05) is 33.4 Å². The first-order chi connectivity index (χ1) is 20.8. The molecule has 1 saturated heterocycles. The quantitative estimate of drug-likeness (QED) is 0.160. The standard InChI is InChI=1S/C24H27FN2O4.C6H8O7/c1-16(28)18-4-7-21(23(14-18)29-2)30-13-3-10-27-11-8-17(9-12-27)24-20-6-5-19(25)15-22(20)31-26-24;7-3(8)1-6(13,5(11)12)2-4(9)10/h4-7,14-15,17H,3,8-13H2,1-2H3;13H,1-2H2,(H,7,8)(H,9,10)(H,11,12). The molecule has 4 N–H and O–H groups in total. The molecule has 0 aliphatic carbocycles. The lowest BCUT2D eigenvalue weighted by molar-refractivity contribution is -0.170. The summed E-state index contributed by atoms with van der Waals surface area (Å²) in [5, 5.41) is 38.9. The van der Waals surface area contributed by atoms with Gasteiger partial charge in [0.2, 0.25) is 0 Å². The van der Waals surface area contributed by atoms with E-state index in [2.05, 4.69) is 10.1 Å². The Labute approximate surface area is 251 Å². The van der Waals surface area contributed by atoms with Gasteiger partial charge in [0, 0.05) is 29.5 Å². The van der Waals surface area contributed by atoms with Crippen LogP contribution in [0.15, 0.2) is 40.9 Å². The van der Waals surface area contributed by atoms with Gasteiger partial charge in [0.05, 0.1) is 32.3 Å². The number of piperidine rings is 1. The topological polar surface area (TPSA) is 197 Å². The first-order valence-corrected chi connectivity index (χ1v) is 13.8. The molecule has 14 heteroatoms. The minimum absolute atomic E-state index is 0.000894. The molecule has 3 aromatic rings. The zero-order valence-corrected chi connectivity index (χ0v) is 24.3. The summed E-state index contributed by atoms with van der Waals surface area (Å²) in [6.07, 6.45) is 0.609. The van der Waals surface area contributed by atoms with Gasteiger partial charge in [0.1, 0.15) is 5.82 Å². The first-order valence-electron chi connectivity index (χ1n) is 13.8. The van der Waals surface area contributed by atoms with Crippen molar-refractivity contribution in [3.63, 3.8) is 0 Å². The Morgan fingerprint density at radius 1 is 1.02 bits per heavy atom. The number of halogens is 1. The van der Waals surface area contributed by atoms with E-state index in [1.54, 1.807) is 31.4 Å². The predicted molar refractivity (Wildman–Crippen MR) is 153 cm³/mol. The number of aromatic nitrogens is 1. The summed E-state index contributed by atoms with van der Waals surface area (Å²) in [5.41, 5.74) is -0.671. The average molecular weight is 619 g/mol. The summed E-state index contributed by atoms with van der Waals surface area (Å²) in [5.74, 6) is -3.76. The maximum Gasteiger partial charge on any atom is 0.336 e. The van der Waals surface area contributed by atoms with Crippen LogP contribution in [0.3, 0.4) is 0 Å². The van der Waals surface area contributed by atoms with Crippen molar-refractivity contribution < 1.29 is 58.0 Å². The van der Waals surface area contributed by atoms with Crippen LogP contribution in [0.4, 0.5) is 4.39 Å². The molecule has 0 spiro atoms. The Bertz CT molecular complexity index is 1460. The highest BCUT2D eigenvalue weighted by atomic mass is 19.1. The lowest BCUT2D eigenvalue weighted by Crippen LogP contribution is -2.42. The number of likely N-dealkylation sites (tertiary alicyclic amines) is 1. The monoisotopic (exact) mass is 618 g/mol. The number of aliphatic carboxylic acids is 3. The smallest absolute Gasteiger partial charge is 0.336 e. The normalized spacial score (nSPS) is 14.0. The number of carboxylic acids is 3. The molecule has 0 saturated carbocycles. The number of nitrogens with zero attached hydrogens (tertiary/aromatic N) is 2. The molecule has 4 rings (SSSR count). The number of ketones is 1. The molecular weight excluding hydrogens is 583 g/mol. The van der Waals surface area contributed by atoms with Crippen LogP contribution in [-0.2, 0) is 14.4 Å². The third-order valence-corrected chi connectivity index (χ3v) is 7.17. The van der Waals surface area contributed by atoms with Gasteiger partial charge in [-0.2, -0.15) is 0 Å². The number of rotatable bonds is 13. The van der Waals surface area contributed by atoms with Crippen molar-refractivity contribution in [2.24, 2.45) is 0 Å². The number of Topliss-reactive ketones (excluding diaryl/α,β-unsaturated/α-hetero) is 1. The molecule has 1 aromatic heterocycles. The molecule has 0 amide bonds. The van der Waals surface area contributed by atoms with Crippen LogP contribution in [0.5, 0.6) is 11.5 Å². The molecule has 238 valence electrons. The summed E-state index contributed by atoms with van der Waals surface area (Å²) in [7, 11) is 1.57. The molecule has 13 nitrogen and oxygen atoms in total. The summed E-state index contributed by atoms with van der Waals surface area (Å²) in [6.45, 7) is 5.03. The lowest BCUT2D eigenvalue weighted by Gasteiger charge is -2.31. The van der Waals surface area contributed by atoms with Crippen LogP contribution in [0.2, 0.25) is 0 Å². The van der Waals surface area contributed by atoms with Crippen molar-refractivity contribution in [3.05, 3.63) is 53.5 Å². The fourth-order valence-corrected chi connectivity index (χ4v) is 4.85. The van der Waals surface area contributed by atoms with Gasteiger partial charge in [-0.15, -0.1) is 0 Å². The van der Waals surface area contributed by atoms with E-state index < -0.39 is 36.4 Å². The third kappa shape index (κ3) is 9.22. The predicted octanol–water partition coefficient (Wildman–Crippen LogP) is 3.58. The van der Waals surface area contributed by atoms with Crippen molar-refractivity contribution in [1.82, 2.24) is 10.1 Å². The minimum atomic E-state index is -2.74. The Morgan fingerprint density at radius 3 is 2.25 bits per heavy atom. The Morgan fingerprint density at radius 2 is 1.68 bits per heavy atom.